The third-order valence-corrected chi connectivity index (χ3v) is 5.27. The molecule has 2 N–H and O–H groups in total. The van der Waals surface area contributed by atoms with Crippen LogP contribution in [-0.2, 0) is 17.7 Å². The van der Waals surface area contributed by atoms with Crippen molar-refractivity contribution in [3.8, 4) is 0 Å². The predicted molar refractivity (Wildman–Crippen MR) is 105 cm³/mol. The highest BCUT2D eigenvalue weighted by Crippen LogP contribution is 2.29. The summed E-state index contributed by atoms with van der Waals surface area (Å²) < 4.78 is 5.39. The van der Waals surface area contributed by atoms with Gasteiger partial charge in [0.05, 0.1) is 19.3 Å². The monoisotopic (exact) mass is 366 g/mol. The van der Waals surface area contributed by atoms with E-state index in [0.29, 0.717) is 6.54 Å². The molecular weight excluding hydrogens is 340 g/mol. The van der Waals surface area contributed by atoms with Gasteiger partial charge in [-0.2, -0.15) is 0 Å². The Morgan fingerprint density at radius 2 is 2.07 bits per heavy atom. The van der Waals surface area contributed by atoms with Crippen molar-refractivity contribution >= 4 is 11.8 Å². The zero-order valence-electron chi connectivity index (χ0n) is 15.5. The number of amides is 2. The maximum Gasteiger partial charge on any atom is 0.315 e. The van der Waals surface area contributed by atoms with Gasteiger partial charge in [0.25, 0.3) is 0 Å². The van der Waals surface area contributed by atoms with Gasteiger partial charge in [-0.15, -0.1) is 0 Å². The van der Waals surface area contributed by atoms with Gasteiger partial charge in [-0.3, -0.25) is 0 Å². The fourth-order valence-electron chi connectivity index (χ4n) is 3.83. The van der Waals surface area contributed by atoms with Gasteiger partial charge in [-0.1, -0.05) is 24.3 Å². The Kier molecular flexibility index (Phi) is 5.53. The largest absolute Gasteiger partial charge is 0.378 e. The molecule has 1 saturated heterocycles. The van der Waals surface area contributed by atoms with Crippen LogP contribution in [0.15, 0.2) is 42.6 Å². The van der Waals surface area contributed by atoms with Crippen LogP contribution in [0, 0.1) is 0 Å². The Labute approximate surface area is 159 Å². The van der Waals surface area contributed by atoms with Crippen LogP contribution in [0.5, 0.6) is 0 Å². The SMILES string of the molecule is O=C(NCc1ccnc(N2CCOCC2)c1)NC1CCCc2ccccc21. The molecule has 0 radical (unpaired) electrons. The number of aromatic nitrogens is 1. The standard InChI is InChI=1S/C21H26N4O2/c26-21(24-19-7-3-5-17-4-1-2-6-18(17)19)23-15-16-8-9-22-20(14-16)25-10-12-27-13-11-25/h1-2,4,6,8-9,14,19H,3,5,7,10-13,15H2,(H2,23,24,26). The Balaban J connectivity index is 1.33. The number of rotatable bonds is 4. The topological polar surface area (TPSA) is 66.5 Å². The van der Waals surface area contributed by atoms with Gasteiger partial charge >= 0.3 is 6.03 Å². The zero-order chi connectivity index (χ0) is 18.5. The van der Waals surface area contributed by atoms with Gasteiger partial charge in [0.15, 0.2) is 0 Å². The Bertz CT molecular complexity index is 789. The molecule has 0 saturated carbocycles. The highest BCUT2D eigenvalue weighted by molar-refractivity contribution is 5.74. The first-order chi connectivity index (χ1) is 13.3. The summed E-state index contributed by atoms with van der Waals surface area (Å²) in [6.45, 7) is 3.65. The second-order valence-corrected chi connectivity index (χ2v) is 7.09. The molecule has 0 spiro atoms. The fraction of sp³-hybridized carbons (Fsp3) is 0.429. The number of ether oxygens (including phenoxy) is 1. The minimum absolute atomic E-state index is 0.0938. The number of pyridine rings is 1. The summed E-state index contributed by atoms with van der Waals surface area (Å²) >= 11 is 0. The molecule has 0 bridgehead atoms. The summed E-state index contributed by atoms with van der Waals surface area (Å²) in [5, 5.41) is 6.12. The summed E-state index contributed by atoms with van der Waals surface area (Å²) in [7, 11) is 0. The van der Waals surface area contributed by atoms with Crippen molar-refractivity contribution in [2.75, 3.05) is 31.2 Å². The Hall–Kier alpha value is -2.60. The number of hydrogen-bond acceptors (Lipinski definition) is 4. The first-order valence-electron chi connectivity index (χ1n) is 9.69. The minimum atomic E-state index is -0.124. The van der Waals surface area contributed by atoms with Crippen LogP contribution < -0.4 is 15.5 Å². The molecule has 1 aromatic carbocycles. The smallest absolute Gasteiger partial charge is 0.315 e. The third kappa shape index (κ3) is 4.39. The number of benzene rings is 1. The summed E-state index contributed by atoms with van der Waals surface area (Å²) in [4.78, 5) is 19.1. The summed E-state index contributed by atoms with van der Waals surface area (Å²) in [5.41, 5.74) is 3.64. The van der Waals surface area contributed by atoms with Crippen molar-refractivity contribution in [3.05, 3.63) is 59.3 Å². The van der Waals surface area contributed by atoms with E-state index in [0.717, 1.165) is 56.9 Å². The van der Waals surface area contributed by atoms with Gasteiger partial charge in [0.2, 0.25) is 0 Å². The highest BCUT2D eigenvalue weighted by atomic mass is 16.5. The van der Waals surface area contributed by atoms with Gasteiger partial charge in [0.1, 0.15) is 5.82 Å². The summed E-state index contributed by atoms with van der Waals surface area (Å²) in [6, 6.07) is 12.3. The van der Waals surface area contributed by atoms with Crippen molar-refractivity contribution in [2.24, 2.45) is 0 Å². The quantitative estimate of drug-likeness (QED) is 0.873. The number of nitrogens with one attached hydrogen (secondary N) is 2. The maximum atomic E-state index is 12.4. The molecule has 4 rings (SSSR count). The van der Waals surface area contributed by atoms with Crippen LogP contribution in [0.4, 0.5) is 10.6 Å². The van der Waals surface area contributed by atoms with Crippen LogP contribution in [0.3, 0.4) is 0 Å². The van der Waals surface area contributed by atoms with Crippen molar-refractivity contribution in [3.63, 3.8) is 0 Å². The second kappa shape index (κ2) is 8.39. The molecule has 6 nitrogen and oxygen atoms in total. The second-order valence-electron chi connectivity index (χ2n) is 7.09. The number of aryl methyl sites for hydroxylation is 1. The molecule has 1 aromatic heterocycles. The van der Waals surface area contributed by atoms with Crippen LogP contribution in [-0.4, -0.2) is 37.3 Å². The first-order valence-corrected chi connectivity index (χ1v) is 9.69. The van der Waals surface area contributed by atoms with E-state index < -0.39 is 0 Å². The number of carbonyl (C=O) groups excluding carboxylic acids is 1. The molecule has 1 fully saturated rings. The molecule has 6 heteroatoms. The lowest BCUT2D eigenvalue weighted by atomic mass is 9.88. The molecule has 2 amide bonds. The lowest BCUT2D eigenvalue weighted by Gasteiger charge is -2.28. The average Bonchev–Trinajstić information content (AvgIpc) is 2.73. The van der Waals surface area contributed by atoms with E-state index in [2.05, 4.69) is 38.7 Å². The number of hydrogen-bond donors (Lipinski definition) is 2. The van der Waals surface area contributed by atoms with Crippen LogP contribution >= 0.6 is 0 Å². The van der Waals surface area contributed by atoms with Crippen molar-refractivity contribution < 1.29 is 9.53 Å². The van der Waals surface area contributed by atoms with Crippen molar-refractivity contribution in [2.45, 2.75) is 31.8 Å². The number of nitrogens with zero attached hydrogens (tertiary/aromatic N) is 2. The molecule has 2 aliphatic rings. The molecule has 1 aliphatic carbocycles. The maximum absolute atomic E-state index is 12.4. The molecular formula is C21H26N4O2. The number of anilines is 1. The lowest BCUT2D eigenvalue weighted by Crippen LogP contribution is -2.39. The predicted octanol–water partition coefficient (Wildman–Crippen LogP) is 2.80. The Morgan fingerprint density at radius 1 is 1.22 bits per heavy atom. The average molecular weight is 366 g/mol. The van der Waals surface area contributed by atoms with E-state index in [-0.39, 0.29) is 12.1 Å². The van der Waals surface area contributed by atoms with Crippen molar-refractivity contribution in [1.82, 2.24) is 15.6 Å². The third-order valence-electron chi connectivity index (χ3n) is 5.27. The summed E-state index contributed by atoms with van der Waals surface area (Å²) in [6.07, 6.45) is 4.99. The number of urea groups is 1. The first kappa shape index (κ1) is 17.8. The van der Waals surface area contributed by atoms with Gasteiger partial charge in [-0.05, 0) is 48.1 Å². The number of morpholine rings is 1. The van der Waals surface area contributed by atoms with E-state index >= 15 is 0 Å². The van der Waals surface area contributed by atoms with E-state index in [4.69, 9.17) is 4.74 Å². The van der Waals surface area contributed by atoms with Crippen LogP contribution in [0.1, 0.15) is 35.6 Å². The number of carbonyl (C=O) groups is 1. The molecule has 27 heavy (non-hydrogen) atoms. The van der Waals surface area contributed by atoms with Crippen molar-refractivity contribution in [1.29, 1.82) is 0 Å². The summed E-state index contributed by atoms with van der Waals surface area (Å²) in [5.74, 6) is 0.944. The molecule has 1 aliphatic heterocycles. The van der Waals surface area contributed by atoms with Gasteiger partial charge < -0.3 is 20.3 Å². The van der Waals surface area contributed by atoms with Gasteiger partial charge in [0, 0.05) is 25.8 Å². The number of fused-ring (bicyclic) bond motifs is 1. The van der Waals surface area contributed by atoms with Crippen LogP contribution in [0.2, 0.25) is 0 Å². The molecule has 1 unspecified atom stereocenters. The molecule has 2 heterocycles. The van der Waals surface area contributed by atoms with E-state index in [9.17, 15) is 4.79 Å². The normalized spacial score (nSPS) is 19.3. The van der Waals surface area contributed by atoms with Gasteiger partial charge in [-0.25, -0.2) is 9.78 Å². The lowest BCUT2D eigenvalue weighted by molar-refractivity contribution is 0.122. The minimum Gasteiger partial charge on any atom is -0.378 e. The molecule has 1 atom stereocenters. The van der Waals surface area contributed by atoms with E-state index in [1.807, 2.05) is 18.2 Å². The van der Waals surface area contributed by atoms with E-state index in [1.165, 1.54) is 11.1 Å². The molecule has 142 valence electrons. The molecule has 2 aromatic rings. The fourth-order valence-corrected chi connectivity index (χ4v) is 3.83. The zero-order valence-corrected chi connectivity index (χ0v) is 15.5. The van der Waals surface area contributed by atoms with Crippen LogP contribution in [0.25, 0.3) is 0 Å². The van der Waals surface area contributed by atoms with E-state index in [1.54, 1.807) is 6.20 Å². The Morgan fingerprint density at radius 3 is 2.96 bits per heavy atom. The highest BCUT2D eigenvalue weighted by Gasteiger charge is 2.21.